The SMILES string of the molecule is CC(NC(=O)C(C)(C)Oc1ccc(C(F)(F)F)cn1)C(Cc1ccc(Cl)cc1)c1cccc(CC(=N)N)c1. The number of benzene rings is 2. The normalized spacial score (nSPS) is 13.4. The van der Waals surface area contributed by atoms with Crippen molar-refractivity contribution >= 4 is 23.3 Å². The molecule has 1 heterocycles. The largest absolute Gasteiger partial charge is 0.462 e. The number of ether oxygens (including phenoxy) is 1. The second-order valence-corrected chi connectivity index (χ2v) is 10.1. The fraction of sp³-hybridized carbons (Fsp3) is 0.321. The molecule has 3 rings (SSSR count). The van der Waals surface area contributed by atoms with Gasteiger partial charge in [0.25, 0.3) is 5.91 Å². The number of nitrogens with zero attached hydrogens (tertiary/aromatic N) is 1. The number of amidine groups is 1. The van der Waals surface area contributed by atoms with Crippen LogP contribution in [0, 0.1) is 5.41 Å². The van der Waals surface area contributed by atoms with Gasteiger partial charge in [0.15, 0.2) is 5.60 Å². The first-order valence-electron chi connectivity index (χ1n) is 11.9. The van der Waals surface area contributed by atoms with Gasteiger partial charge in [-0.05, 0) is 62.1 Å². The molecule has 0 aliphatic heterocycles. The lowest BCUT2D eigenvalue weighted by atomic mass is 9.85. The average molecular weight is 547 g/mol. The van der Waals surface area contributed by atoms with E-state index in [4.69, 9.17) is 27.5 Å². The molecule has 38 heavy (non-hydrogen) atoms. The van der Waals surface area contributed by atoms with Crippen LogP contribution < -0.4 is 15.8 Å². The first kappa shape index (κ1) is 29.0. The molecular formula is C28H30ClF3N4O2. The van der Waals surface area contributed by atoms with E-state index >= 15 is 0 Å². The second kappa shape index (κ2) is 11.9. The van der Waals surface area contributed by atoms with E-state index in [9.17, 15) is 18.0 Å². The first-order chi connectivity index (χ1) is 17.7. The van der Waals surface area contributed by atoms with Crippen LogP contribution >= 0.6 is 11.6 Å². The molecule has 0 bridgehead atoms. The van der Waals surface area contributed by atoms with E-state index < -0.39 is 23.2 Å². The fourth-order valence-electron chi connectivity index (χ4n) is 4.01. The van der Waals surface area contributed by atoms with Gasteiger partial charge in [0, 0.05) is 35.7 Å². The number of aromatic nitrogens is 1. The molecule has 2 unspecified atom stereocenters. The van der Waals surface area contributed by atoms with Gasteiger partial charge >= 0.3 is 6.18 Å². The van der Waals surface area contributed by atoms with Gasteiger partial charge in [0.05, 0.1) is 11.4 Å². The molecule has 202 valence electrons. The number of halogens is 4. The van der Waals surface area contributed by atoms with E-state index in [1.165, 1.54) is 13.8 Å². The van der Waals surface area contributed by atoms with Gasteiger partial charge in [-0.15, -0.1) is 0 Å². The molecule has 0 radical (unpaired) electrons. The summed E-state index contributed by atoms with van der Waals surface area (Å²) in [5.74, 6) is -0.659. The number of nitrogens with one attached hydrogen (secondary N) is 2. The summed E-state index contributed by atoms with van der Waals surface area (Å²) in [7, 11) is 0. The highest BCUT2D eigenvalue weighted by atomic mass is 35.5. The summed E-state index contributed by atoms with van der Waals surface area (Å²) in [4.78, 5) is 17.0. The first-order valence-corrected chi connectivity index (χ1v) is 12.3. The summed E-state index contributed by atoms with van der Waals surface area (Å²) in [5.41, 5.74) is 6.12. The third-order valence-electron chi connectivity index (χ3n) is 6.08. The summed E-state index contributed by atoms with van der Waals surface area (Å²) >= 11 is 6.05. The lowest BCUT2D eigenvalue weighted by molar-refractivity contribution is -0.138. The Morgan fingerprint density at radius 2 is 1.79 bits per heavy atom. The zero-order valence-corrected chi connectivity index (χ0v) is 22.0. The van der Waals surface area contributed by atoms with Gasteiger partial charge in [-0.1, -0.05) is 48.0 Å². The number of pyridine rings is 1. The van der Waals surface area contributed by atoms with Gasteiger partial charge in [-0.3, -0.25) is 10.2 Å². The lowest BCUT2D eigenvalue weighted by Crippen LogP contribution is -2.51. The maximum atomic E-state index is 13.2. The van der Waals surface area contributed by atoms with Crippen molar-refractivity contribution in [2.75, 3.05) is 0 Å². The van der Waals surface area contributed by atoms with Crippen molar-refractivity contribution in [3.05, 3.63) is 94.1 Å². The topological polar surface area (TPSA) is 101 Å². The van der Waals surface area contributed by atoms with Crippen LogP contribution in [-0.2, 0) is 23.8 Å². The van der Waals surface area contributed by atoms with Crippen LogP contribution in [0.5, 0.6) is 5.88 Å². The Labute approximate surface area is 224 Å². The third kappa shape index (κ3) is 7.95. The predicted octanol–water partition coefficient (Wildman–Crippen LogP) is 5.92. The van der Waals surface area contributed by atoms with Gasteiger partial charge in [0.1, 0.15) is 0 Å². The fourth-order valence-corrected chi connectivity index (χ4v) is 4.13. The molecule has 3 aromatic rings. The molecule has 0 spiro atoms. The number of carbonyl (C=O) groups excluding carboxylic acids is 1. The van der Waals surface area contributed by atoms with E-state index in [1.807, 2.05) is 43.3 Å². The smallest absolute Gasteiger partial charge is 0.417 e. The molecule has 1 amide bonds. The van der Waals surface area contributed by atoms with Gasteiger partial charge in [0.2, 0.25) is 5.88 Å². The average Bonchev–Trinajstić information content (AvgIpc) is 2.83. The minimum absolute atomic E-state index is 0.0496. The number of alkyl halides is 3. The molecule has 0 saturated heterocycles. The molecule has 0 saturated carbocycles. The Morgan fingerprint density at radius 3 is 2.37 bits per heavy atom. The van der Waals surface area contributed by atoms with E-state index in [-0.39, 0.29) is 23.7 Å². The lowest BCUT2D eigenvalue weighted by Gasteiger charge is -2.31. The molecule has 1 aromatic heterocycles. The summed E-state index contributed by atoms with van der Waals surface area (Å²) in [6.07, 6.45) is -2.95. The Bertz CT molecular complexity index is 1260. The zero-order chi connectivity index (χ0) is 28.1. The zero-order valence-electron chi connectivity index (χ0n) is 21.3. The van der Waals surface area contributed by atoms with Crippen LogP contribution in [0.2, 0.25) is 5.02 Å². The van der Waals surface area contributed by atoms with E-state index in [0.29, 0.717) is 24.1 Å². The molecule has 2 aromatic carbocycles. The van der Waals surface area contributed by atoms with E-state index in [0.717, 1.165) is 28.8 Å². The van der Waals surface area contributed by atoms with Gasteiger partial charge < -0.3 is 15.8 Å². The Balaban J connectivity index is 1.81. The highest BCUT2D eigenvalue weighted by molar-refractivity contribution is 6.30. The molecule has 0 fully saturated rings. The van der Waals surface area contributed by atoms with Crippen LogP contribution in [0.4, 0.5) is 13.2 Å². The maximum Gasteiger partial charge on any atom is 0.417 e. The Hall–Kier alpha value is -3.59. The Kier molecular flexibility index (Phi) is 9.04. The monoisotopic (exact) mass is 546 g/mol. The molecule has 6 nitrogen and oxygen atoms in total. The van der Waals surface area contributed by atoms with E-state index in [1.54, 1.807) is 12.1 Å². The third-order valence-corrected chi connectivity index (χ3v) is 6.33. The van der Waals surface area contributed by atoms with Crippen LogP contribution in [0.1, 0.15) is 48.9 Å². The van der Waals surface area contributed by atoms with Crippen molar-refractivity contribution in [2.45, 2.75) is 57.3 Å². The second-order valence-electron chi connectivity index (χ2n) is 9.64. The minimum atomic E-state index is -4.52. The number of hydrogen-bond donors (Lipinski definition) is 3. The summed E-state index contributed by atoms with van der Waals surface area (Å²) in [6.45, 7) is 4.93. The number of carbonyl (C=O) groups is 1. The number of amides is 1. The van der Waals surface area contributed by atoms with Crippen molar-refractivity contribution in [2.24, 2.45) is 5.73 Å². The predicted molar refractivity (Wildman–Crippen MR) is 142 cm³/mol. The van der Waals surface area contributed by atoms with Crippen molar-refractivity contribution in [1.82, 2.24) is 10.3 Å². The Morgan fingerprint density at radius 1 is 1.11 bits per heavy atom. The molecule has 0 aliphatic carbocycles. The van der Waals surface area contributed by atoms with Crippen molar-refractivity contribution in [3.63, 3.8) is 0 Å². The molecule has 2 atom stereocenters. The van der Waals surface area contributed by atoms with Crippen molar-refractivity contribution < 1.29 is 22.7 Å². The highest BCUT2D eigenvalue weighted by Gasteiger charge is 2.34. The van der Waals surface area contributed by atoms with Gasteiger partial charge in [-0.2, -0.15) is 13.2 Å². The standard InChI is InChI=1S/C28H30ClF3N4O2/c1-17(36-26(37)27(2,3)38-25-12-9-21(16-35-25)28(30,31)32)23(14-18-7-10-22(29)11-8-18)20-6-4-5-19(13-20)15-24(33)34/h4-13,16-17,23H,14-15H2,1-3H3,(H3,33,34)(H,36,37). The van der Waals surface area contributed by atoms with Crippen LogP contribution in [-0.4, -0.2) is 28.4 Å². The molecule has 0 aliphatic rings. The maximum absolute atomic E-state index is 13.2. The van der Waals surface area contributed by atoms with Gasteiger partial charge in [-0.25, -0.2) is 4.98 Å². The number of nitrogens with two attached hydrogens (primary N) is 1. The van der Waals surface area contributed by atoms with Crippen molar-refractivity contribution in [3.8, 4) is 5.88 Å². The summed E-state index contributed by atoms with van der Waals surface area (Å²) in [5, 5.41) is 11.2. The van der Waals surface area contributed by atoms with E-state index in [2.05, 4.69) is 10.3 Å². The quantitative estimate of drug-likeness (QED) is 0.217. The highest BCUT2D eigenvalue weighted by Crippen LogP contribution is 2.30. The van der Waals surface area contributed by atoms with Crippen LogP contribution in [0.3, 0.4) is 0 Å². The van der Waals surface area contributed by atoms with Crippen LogP contribution in [0.25, 0.3) is 0 Å². The number of hydrogen-bond acceptors (Lipinski definition) is 4. The van der Waals surface area contributed by atoms with Crippen molar-refractivity contribution in [1.29, 1.82) is 5.41 Å². The molecular weight excluding hydrogens is 517 g/mol. The number of rotatable bonds is 10. The molecule has 4 N–H and O–H groups in total. The minimum Gasteiger partial charge on any atom is -0.462 e. The summed E-state index contributed by atoms with van der Waals surface area (Å²) in [6, 6.07) is 16.7. The van der Waals surface area contributed by atoms with Crippen LogP contribution in [0.15, 0.2) is 66.9 Å². The summed E-state index contributed by atoms with van der Waals surface area (Å²) < 4.78 is 44.2. The molecule has 10 heteroatoms.